The normalized spacial score (nSPS) is 10.1. The summed E-state index contributed by atoms with van der Waals surface area (Å²) in [5.74, 6) is 0.393. The molecule has 0 unspecified atom stereocenters. The predicted octanol–water partition coefficient (Wildman–Crippen LogP) is 5.19. The van der Waals surface area contributed by atoms with E-state index in [1.807, 2.05) is 37.3 Å². The maximum absolute atomic E-state index is 10.2. The molecule has 146 valence electrons. The van der Waals surface area contributed by atoms with Crippen molar-refractivity contribution in [2.24, 2.45) is 5.73 Å². The summed E-state index contributed by atoms with van der Waals surface area (Å²) in [4.78, 5) is 10.2. The van der Waals surface area contributed by atoms with E-state index in [4.69, 9.17) is 21.0 Å². The molecule has 0 saturated heterocycles. The second kappa shape index (κ2) is 10.7. The minimum Gasteiger partial charge on any atom is -0.482 e. The van der Waals surface area contributed by atoms with Gasteiger partial charge in [0.1, 0.15) is 5.75 Å². The first-order valence-electron chi connectivity index (χ1n) is 8.41. The number of amidine groups is 1. The number of rotatable bonds is 5. The van der Waals surface area contributed by atoms with Gasteiger partial charge in [0.15, 0.2) is 11.8 Å². The Kier molecular flexibility index (Phi) is 8.35. The van der Waals surface area contributed by atoms with E-state index in [0.29, 0.717) is 5.75 Å². The van der Waals surface area contributed by atoms with Crippen molar-refractivity contribution in [3.8, 4) is 5.75 Å². The molecule has 0 aliphatic heterocycles. The highest BCUT2D eigenvalue weighted by Crippen LogP contribution is 2.23. The molecular weight excluding hydrogens is 440 g/mol. The molecule has 3 aromatic carbocycles. The summed E-state index contributed by atoms with van der Waals surface area (Å²) in [7, 11) is 0. The largest absolute Gasteiger partial charge is 0.482 e. The molecule has 0 atom stereocenters. The van der Waals surface area contributed by atoms with Crippen molar-refractivity contribution in [3.05, 3.63) is 76.3 Å². The summed E-state index contributed by atoms with van der Waals surface area (Å²) >= 11 is 4.66. The average Bonchev–Trinajstić information content (AvgIpc) is 2.66. The standard InChI is InChI=1S/C12H12N2S.C9H9BrO3/c13-12(14)15-8-10-6-3-5-9-4-1-2-7-11(9)10;1-6-4-7(10)2-3-8(6)13-5-9(11)12/h1-7H,8H2,(H3,13,14);2-4H,5H2,1H3,(H,11,12). The van der Waals surface area contributed by atoms with Gasteiger partial charge in [0.05, 0.1) is 0 Å². The fourth-order valence-electron chi connectivity index (χ4n) is 2.49. The number of carbonyl (C=O) groups is 1. The first-order chi connectivity index (χ1) is 13.4. The third-order valence-electron chi connectivity index (χ3n) is 3.75. The van der Waals surface area contributed by atoms with Crippen molar-refractivity contribution in [1.29, 1.82) is 5.41 Å². The van der Waals surface area contributed by atoms with Crippen molar-refractivity contribution in [2.75, 3.05) is 6.61 Å². The van der Waals surface area contributed by atoms with Gasteiger partial charge < -0.3 is 15.6 Å². The fourth-order valence-corrected chi connectivity index (χ4v) is 3.53. The van der Waals surface area contributed by atoms with Crippen LogP contribution in [-0.2, 0) is 10.5 Å². The van der Waals surface area contributed by atoms with Gasteiger partial charge >= 0.3 is 5.97 Å². The van der Waals surface area contributed by atoms with Crippen molar-refractivity contribution in [3.63, 3.8) is 0 Å². The van der Waals surface area contributed by atoms with Gasteiger partial charge in [-0.2, -0.15) is 0 Å². The minimum absolute atomic E-state index is 0.169. The molecule has 3 rings (SSSR count). The SMILES string of the molecule is Cc1cc(Br)ccc1OCC(=O)O.N=C(N)SCc1cccc2ccccc12. The fraction of sp³-hybridized carbons (Fsp3) is 0.143. The highest BCUT2D eigenvalue weighted by molar-refractivity contribution is 9.10. The Bertz CT molecular complexity index is 974. The highest BCUT2D eigenvalue weighted by Gasteiger charge is 2.02. The number of ether oxygens (including phenoxy) is 1. The van der Waals surface area contributed by atoms with Crippen LogP contribution in [0.2, 0.25) is 0 Å². The molecule has 3 aromatic rings. The molecule has 0 saturated carbocycles. The Labute approximate surface area is 176 Å². The van der Waals surface area contributed by atoms with E-state index >= 15 is 0 Å². The molecule has 7 heteroatoms. The number of carboxylic acids is 1. The van der Waals surface area contributed by atoms with Crippen LogP contribution in [0.1, 0.15) is 11.1 Å². The lowest BCUT2D eigenvalue weighted by molar-refractivity contribution is -0.139. The Hall–Kier alpha value is -2.51. The van der Waals surface area contributed by atoms with Gasteiger partial charge in [0, 0.05) is 10.2 Å². The van der Waals surface area contributed by atoms with Gasteiger partial charge in [0.2, 0.25) is 0 Å². The monoisotopic (exact) mass is 460 g/mol. The molecule has 0 aliphatic carbocycles. The number of nitrogens with two attached hydrogens (primary N) is 1. The Morgan fingerprint density at radius 3 is 2.57 bits per heavy atom. The van der Waals surface area contributed by atoms with Crippen molar-refractivity contribution in [1.82, 2.24) is 0 Å². The Balaban J connectivity index is 0.000000203. The van der Waals surface area contributed by atoms with Crippen molar-refractivity contribution < 1.29 is 14.6 Å². The second-order valence-corrected chi connectivity index (χ2v) is 7.82. The van der Waals surface area contributed by atoms with Crippen molar-refractivity contribution in [2.45, 2.75) is 12.7 Å². The van der Waals surface area contributed by atoms with E-state index in [-0.39, 0.29) is 11.8 Å². The molecule has 0 radical (unpaired) electrons. The van der Waals surface area contributed by atoms with Crippen LogP contribution in [0.15, 0.2) is 65.1 Å². The van der Waals surface area contributed by atoms with E-state index in [1.54, 1.807) is 6.07 Å². The Morgan fingerprint density at radius 1 is 1.18 bits per heavy atom. The van der Waals surface area contributed by atoms with Gasteiger partial charge in [-0.25, -0.2) is 4.79 Å². The maximum atomic E-state index is 10.2. The number of aryl methyl sites for hydroxylation is 1. The molecular formula is C21H21BrN2O3S. The quantitative estimate of drug-likeness (QED) is 0.359. The number of aliphatic carboxylic acids is 1. The summed E-state index contributed by atoms with van der Waals surface area (Å²) in [6.45, 7) is 1.56. The molecule has 0 spiro atoms. The molecule has 0 heterocycles. The number of fused-ring (bicyclic) bond motifs is 1. The predicted molar refractivity (Wildman–Crippen MR) is 119 cm³/mol. The Morgan fingerprint density at radius 2 is 1.89 bits per heavy atom. The van der Waals surface area contributed by atoms with E-state index in [0.717, 1.165) is 15.8 Å². The second-order valence-electron chi connectivity index (χ2n) is 5.88. The number of hydrogen-bond donors (Lipinski definition) is 3. The number of benzene rings is 3. The molecule has 0 bridgehead atoms. The van der Waals surface area contributed by atoms with Crippen LogP contribution >= 0.6 is 27.7 Å². The van der Waals surface area contributed by atoms with E-state index < -0.39 is 5.97 Å². The van der Waals surface area contributed by atoms with Gasteiger partial charge in [-0.05, 0) is 47.0 Å². The lowest BCUT2D eigenvalue weighted by atomic mass is 10.1. The number of thioether (sulfide) groups is 1. The molecule has 0 amide bonds. The number of nitrogens with one attached hydrogen (secondary N) is 1. The third-order valence-corrected chi connectivity index (χ3v) is 5.01. The summed E-state index contributed by atoms with van der Waals surface area (Å²) in [6, 6.07) is 19.9. The van der Waals surface area contributed by atoms with Crippen LogP contribution in [0, 0.1) is 12.3 Å². The van der Waals surface area contributed by atoms with Gasteiger partial charge in [-0.15, -0.1) is 0 Å². The summed E-state index contributed by atoms with van der Waals surface area (Å²) < 4.78 is 5.98. The van der Waals surface area contributed by atoms with Crippen LogP contribution in [0.5, 0.6) is 5.75 Å². The molecule has 0 aromatic heterocycles. The first-order valence-corrected chi connectivity index (χ1v) is 10.2. The lowest BCUT2D eigenvalue weighted by Crippen LogP contribution is -2.09. The summed E-state index contributed by atoms with van der Waals surface area (Å²) in [5, 5.41) is 18.2. The van der Waals surface area contributed by atoms with Crippen LogP contribution in [0.3, 0.4) is 0 Å². The zero-order valence-corrected chi connectivity index (χ0v) is 17.7. The van der Waals surface area contributed by atoms with Crippen molar-refractivity contribution >= 4 is 49.6 Å². The zero-order chi connectivity index (χ0) is 20.5. The summed E-state index contributed by atoms with van der Waals surface area (Å²) in [5.41, 5.74) is 7.47. The third kappa shape index (κ3) is 6.90. The number of halogens is 1. The van der Waals surface area contributed by atoms with E-state index in [9.17, 15) is 4.79 Å². The molecule has 28 heavy (non-hydrogen) atoms. The van der Waals surface area contributed by atoms with Gasteiger partial charge in [-0.1, -0.05) is 70.2 Å². The molecule has 0 aliphatic rings. The first kappa shape index (κ1) is 21.8. The molecule has 4 N–H and O–H groups in total. The minimum atomic E-state index is -0.970. The maximum Gasteiger partial charge on any atom is 0.341 e. The number of carboxylic acid groups (broad SMARTS) is 1. The molecule has 5 nitrogen and oxygen atoms in total. The molecule has 0 fully saturated rings. The van der Waals surface area contributed by atoms with Crippen LogP contribution in [0.25, 0.3) is 10.8 Å². The zero-order valence-electron chi connectivity index (χ0n) is 15.3. The summed E-state index contributed by atoms with van der Waals surface area (Å²) in [6.07, 6.45) is 0. The van der Waals surface area contributed by atoms with Gasteiger partial charge in [-0.3, -0.25) is 5.41 Å². The lowest BCUT2D eigenvalue weighted by Gasteiger charge is -2.06. The van der Waals surface area contributed by atoms with E-state index in [2.05, 4.69) is 40.2 Å². The van der Waals surface area contributed by atoms with Crippen LogP contribution in [-0.4, -0.2) is 22.9 Å². The smallest absolute Gasteiger partial charge is 0.341 e. The van der Waals surface area contributed by atoms with Gasteiger partial charge in [0.25, 0.3) is 0 Å². The number of hydrogen-bond acceptors (Lipinski definition) is 4. The van der Waals surface area contributed by atoms with E-state index in [1.165, 1.54) is 28.1 Å². The van der Waals surface area contributed by atoms with Crippen LogP contribution < -0.4 is 10.5 Å². The highest BCUT2D eigenvalue weighted by atomic mass is 79.9. The average molecular weight is 461 g/mol. The topological polar surface area (TPSA) is 96.4 Å². The van der Waals surface area contributed by atoms with Crippen LogP contribution in [0.4, 0.5) is 0 Å².